The van der Waals surface area contributed by atoms with Gasteiger partial charge in [0.2, 0.25) is 0 Å². The lowest BCUT2D eigenvalue weighted by Gasteiger charge is -2.04. The lowest BCUT2D eigenvalue weighted by atomic mass is 10.1. The van der Waals surface area contributed by atoms with Crippen LogP contribution < -0.4 is 5.73 Å². The molecule has 2 aromatic heterocycles. The van der Waals surface area contributed by atoms with Crippen molar-refractivity contribution in [2.24, 2.45) is 0 Å². The van der Waals surface area contributed by atoms with E-state index in [9.17, 15) is 0 Å². The van der Waals surface area contributed by atoms with Crippen LogP contribution >= 0.6 is 0 Å². The Morgan fingerprint density at radius 2 is 2.33 bits per heavy atom. The molecule has 2 aromatic rings. The predicted molar refractivity (Wildman–Crippen MR) is 57.2 cm³/mol. The first kappa shape index (κ1) is 9.64. The van der Waals surface area contributed by atoms with E-state index in [0.717, 1.165) is 23.6 Å². The zero-order chi connectivity index (χ0) is 10.7. The van der Waals surface area contributed by atoms with E-state index in [2.05, 4.69) is 15.1 Å². The fourth-order valence-corrected chi connectivity index (χ4v) is 1.45. The molecule has 0 aliphatic heterocycles. The molecule has 0 amide bonds. The summed E-state index contributed by atoms with van der Waals surface area (Å²) in [5.74, 6) is 0.914. The minimum absolute atomic E-state index is 0.674. The molecule has 0 aliphatic carbocycles. The Balaban J connectivity index is 2.26. The maximum atomic E-state index is 5.83. The molecule has 0 spiro atoms. The van der Waals surface area contributed by atoms with Crippen molar-refractivity contribution in [3.05, 3.63) is 36.2 Å². The number of nitrogens with zero attached hydrogens (tertiary/aromatic N) is 4. The first-order valence-corrected chi connectivity index (χ1v) is 4.86. The SMILES string of the molecule is CCn1ncnc1Cc1cnccc1N. The third-order valence-corrected chi connectivity index (χ3v) is 2.29. The molecule has 2 rings (SSSR count). The number of pyridine rings is 1. The van der Waals surface area contributed by atoms with Gasteiger partial charge in [-0.25, -0.2) is 4.98 Å². The monoisotopic (exact) mass is 203 g/mol. The second-order valence-corrected chi connectivity index (χ2v) is 3.24. The molecular formula is C10H13N5. The van der Waals surface area contributed by atoms with Crippen LogP contribution in [0.4, 0.5) is 5.69 Å². The Bertz CT molecular complexity index is 449. The van der Waals surface area contributed by atoms with Gasteiger partial charge in [-0.05, 0) is 13.0 Å². The van der Waals surface area contributed by atoms with E-state index in [1.54, 1.807) is 24.8 Å². The van der Waals surface area contributed by atoms with Crippen LogP contribution in [0.15, 0.2) is 24.8 Å². The normalized spacial score (nSPS) is 10.5. The smallest absolute Gasteiger partial charge is 0.138 e. The summed E-state index contributed by atoms with van der Waals surface area (Å²) in [6, 6.07) is 1.79. The standard InChI is InChI=1S/C10H13N5/c1-2-15-10(13-7-14-15)5-8-6-12-4-3-9(8)11/h3-4,6-7H,2,5H2,1H3,(H2,11,12). The zero-order valence-electron chi connectivity index (χ0n) is 8.59. The fraction of sp³-hybridized carbons (Fsp3) is 0.300. The highest BCUT2D eigenvalue weighted by Crippen LogP contribution is 2.12. The summed E-state index contributed by atoms with van der Waals surface area (Å²) in [7, 11) is 0. The van der Waals surface area contributed by atoms with Crippen molar-refractivity contribution >= 4 is 5.69 Å². The Morgan fingerprint density at radius 3 is 3.07 bits per heavy atom. The largest absolute Gasteiger partial charge is 0.398 e. The molecule has 0 atom stereocenters. The average Bonchev–Trinajstić information content (AvgIpc) is 2.69. The maximum Gasteiger partial charge on any atom is 0.138 e. The molecule has 0 aliphatic rings. The van der Waals surface area contributed by atoms with Gasteiger partial charge in [0, 0.05) is 36.6 Å². The van der Waals surface area contributed by atoms with Crippen molar-refractivity contribution in [2.75, 3.05) is 5.73 Å². The summed E-state index contributed by atoms with van der Waals surface area (Å²) in [6.07, 6.45) is 5.69. The van der Waals surface area contributed by atoms with E-state index in [1.165, 1.54) is 0 Å². The van der Waals surface area contributed by atoms with Gasteiger partial charge >= 0.3 is 0 Å². The summed E-state index contributed by atoms with van der Waals surface area (Å²) in [4.78, 5) is 8.24. The van der Waals surface area contributed by atoms with Crippen LogP contribution in [-0.2, 0) is 13.0 Å². The van der Waals surface area contributed by atoms with E-state index in [-0.39, 0.29) is 0 Å². The van der Waals surface area contributed by atoms with Gasteiger partial charge < -0.3 is 5.73 Å². The summed E-state index contributed by atoms with van der Waals surface area (Å²) in [6.45, 7) is 2.85. The fourth-order valence-electron chi connectivity index (χ4n) is 1.45. The minimum atomic E-state index is 0.674. The highest BCUT2D eigenvalue weighted by molar-refractivity contribution is 5.45. The number of nitrogen functional groups attached to an aromatic ring is 1. The molecule has 0 fully saturated rings. The summed E-state index contributed by atoms with van der Waals surface area (Å²) >= 11 is 0. The number of aromatic nitrogens is 4. The molecular weight excluding hydrogens is 190 g/mol. The van der Waals surface area contributed by atoms with Crippen LogP contribution in [0.3, 0.4) is 0 Å². The van der Waals surface area contributed by atoms with E-state index < -0.39 is 0 Å². The molecule has 78 valence electrons. The second-order valence-electron chi connectivity index (χ2n) is 3.24. The molecule has 2 heterocycles. The molecule has 0 saturated heterocycles. The van der Waals surface area contributed by atoms with Crippen molar-refractivity contribution in [1.29, 1.82) is 0 Å². The van der Waals surface area contributed by atoms with E-state index in [1.807, 2.05) is 11.6 Å². The van der Waals surface area contributed by atoms with Crippen LogP contribution in [0.2, 0.25) is 0 Å². The van der Waals surface area contributed by atoms with Crippen molar-refractivity contribution in [3.63, 3.8) is 0 Å². The van der Waals surface area contributed by atoms with Gasteiger partial charge in [-0.1, -0.05) is 0 Å². The third-order valence-electron chi connectivity index (χ3n) is 2.29. The third kappa shape index (κ3) is 1.96. The molecule has 5 heteroatoms. The average molecular weight is 203 g/mol. The van der Waals surface area contributed by atoms with E-state index in [0.29, 0.717) is 6.42 Å². The number of aryl methyl sites for hydroxylation is 1. The number of rotatable bonds is 3. The summed E-state index contributed by atoms with van der Waals surface area (Å²) < 4.78 is 1.85. The van der Waals surface area contributed by atoms with Crippen LogP contribution in [-0.4, -0.2) is 19.7 Å². The van der Waals surface area contributed by atoms with Gasteiger partial charge in [0.25, 0.3) is 0 Å². The van der Waals surface area contributed by atoms with Crippen LogP contribution in [0.25, 0.3) is 0 Å². The number of nitrogens with two attached hydrogens (primary N) is 1. The van der Waals surface area contributed by atoms with Gasteiger partial charge in [0.1, 0.15) is 12.2 Å². The van der Waals surface area contributed by atoms with Crippen LogP contribution in [0.5, 0.6) is 0 Å². The number of anilines is 1. The van der Waals surface area contributed by atoms with Crippen LogP contribution in [0.1, 0.15) is 18.3 Å². The lowest BCUT2D eigenvalue weighted by Crippen LogP contribution is -2.06. The van der Waals surface area contributed by atoms with E-state index >= 15 is 0 Å². The van der Waals surface area contributed by atoms with Crippen molar-refractivity contribution in [1.82, 2.24) is 19.7 Å². The van der Waals surface area contributed by atoms with E-state index in [4.69, 9.17) is 5.73 Å². The van der Waals surface area contributed by atoms with Crippen molar-refractivity contribution in [3.8, 4) is 0 Å². The first-order valence-electron chi connectivity index (χ1n) is 4.86. The van der Waals surface area contributed by atoms with Gasteiger partial charge in [-0.15, -0.1) is 0 Å². The lowest BCUT2D eigenvalue weighted by molar-refractivity contribution is 0.624. The summed E-state index contributed by atoms with van der Waals surface area (Å²) in [5.41, 5.74) is 7.56. The molecule has 0 aromatic carbocycles. The Morgan fingerprint density at radius 1 is 1.47 bits per heavy atom. The predicted octanol–water partition coefficient (Wildman–Crippen LogP) is 0.866. The van der Waals surface area contributed by atoms with Gasteiger partial charge in [0.15, 0.2) is 0 Å². The molecule has 0 bridgehead atoms. The second kappa shape index (κ2) is 4.08. The topological polar surface area (TPSA) is 69.6 Å². The zero-order valence-corrected chi connectivity index (χ0v) is 8.59. The first-order chi connectivity index (χ1) is 7.31. The van der Waals surface area contributed by atoms with Gasteiger partial charge in [-0.3, -0.25) is 9.67 Å². The number of hydrogen-bond donors (Lipinski definition) is 1. The molecule has 0 radical (unpaired) electrons. The minimum Gasteiger partial charge on any atom is -0.398 e. The Labute approximate surface area is 88.0 Å². The Hall–Kier alpha value is -1.91. The molecule has 5 nitrogen and oxygen atoms in total. The number of hydrogen-bond acceptors (Lipinski definition) is 4. The highest BCUT2D eigenvalue weighted by Gasteiger charge is 2.06. The van der Waals surface area contributed by atoms with Gasteiger partial charge in [-0.2, -0.15) is 5.10 Å². The quantitative estimate of drug-likeness (QED) is 0.803. The summed E-state index contributed by atoms with van der Waals surface area (Å²) in [5, 5.41) is 4.10. The van der Waals surface area contributed by atoms with Gasteiger partial charge in [0.05, 0.1) is 0 Å². The highest BCUT2D eigenvalue weighted by atomic mass is 15.3. The maximum absolute atomic E-state index is 5.83. The van der Waals surface area contributed by atoms with Crippen molar-refractivity contribution < 1.29 is 0 Å². The molecule has 15 heavy (non-hydrogen) atoms. The molecule has 0 saturated carbocycles. The molecule has 0 unspecified atom stereocenters. The van der Waals surface area contributed by atoms with Crippen LogP contribution in [0, 0.1) is 0 Å². The van der Waals surface area contributed by atoms with Crippen molar-refractivity contribution in [2.45, 2.75) is 19.9 Å². The Kier molecular flexibility index (Phi) is 2.62. The molecule has 2 N–H and O–H groups in total.